The van der Waals surface area contributed by atoms with E-state index in [1.807, 2.05) is 0 Å². The molecule has 0 aliphatic rings. The van der Waals surface area contributed by atoms with E-state index in [-0.39, 0.29) is 11.3 Å². The second-order valence-electron chi connectivity index (χ2n) is 4.68. The van der Waals surface area contributed by atoms with Crippen LogP contribution in [0.25, 0.3) is 0 Å². The Bertz CT molecular complexity index is 800. The van der Waals surface area contributed by atoms with Gasteiger partial charge in [-0.1, -0.05) is 12.1 Å². The molecule has 0 saturated heterocycles. The van der Waals surface area contributed by atoms with E-state index in [4.69, 9.17) is 4.74 Å². The maximum atomic E-state index is 11.8. The van der Waals surface area contributed by atoms with Gasteiger partial charge in [0.15, 0.2) is 0 Å². The van der Waals surface area contributed by atoms with E-state index in [1.54, 1.807) is 19.1 Å². The molecule has 9 heteroatoms. The lowest BCUT2D eigenvalue weighted by atomic mass is 10.1. The Morgan fingerprint density at radius 1 is 0.958 bits per heavy atom. The van der Waals surface area contributed by atoms with Crippen LogP contribution in [0.5, 0.6) is 11.5 Å². The summed E-state index contributed by atoms with van der Waals surface area (Å²) in [6.07, 6.45) is 0. The third-order valence-electron chi connectivity index (χ3n) is 3.19. The molecule has 0 N–H and O–H groups in total. The number of ether oxygens (including phenoxy) is 2. The summed E-state index contributed by atoms with van der Waals surface area (Å²) < 4.78 is 10.1. The van der Waals surface area contributed by atoms with Crippen LogP contribution in [0.3, 0.4) is 0 Å². The molecule has 124 valence electrons. The summed E-state index contributed by atoms with van der Waals surface area (Å²) in [5, 5.41) is 22.3. The van der Waals surface area contributed by atoms with Gasteiger partial charge in [0.05, 0.1) is 17.0 Å². The first-order chi connectivity index (χ1) is 11.4. The fourth-order valence-corrected chi connectivity index (χ4v) is 2.07. The summed E-state index contributed by atoms with van der Waals surface area (Å²) in [6, 6.07) is 7.92. The van der Waals surface area contributed by atoms with Crippen LogP contribution in [0.15, 0.2) is 36.4 Å². The molecule has 0 saturated carbocycles. The molecular weight excluding hydrogens is 320 g/mol. The van der Waals surface area contributed by atoms with E-state index in [2.05, 4.69) is 4.74 Å². The first-order valence-electron chi connectivity index (χ1n) is 6.64. The van der Waals surface area contributed by atoms with Gasteiger partial charge in [0, 0.05) is 12.1 Å². The highest BCUT2D eigenvalue weighted by atomic mass is 16.6. The zero-order chi connectivity index (χ0) is 17.9. The Morgan fingerprint density at radius 3 is 2.00 bits per heavy atom. The van der Waals surface area contributed by atoms with Crippen molar-refractivity contribution in [3.8, 4) is 11.5 Å². The molecule has 0 aliphatic carbocycles. The van der Waals surface area contributed by atoms with E-state index >= 15 is 0 Å². The van der Waals surface area contributed by atoms with Gasteiger partial charge in [-0.05, 0) is 24.6 Å². The van der Waals surface area contributed by atoms with E-state index in [1.165, 1.54) is 19.2 Å². The van der Waals surface area contributed by atoms with Crippen molar-refractivity contribution in [3.05, 3.63) is 67.8 Å². The number of nitro groups is 2. The molecule has 0 atom stereocenters. The van der Waals surface area contributed by atoms with Crippen LogP contribution >= 0.6 is 0 Å². The Morgan fingerprint density at radius 2 is 1.50 bits per heavy atom. The average Bonchev–Trinajstić information content (AvgIpc) is 2.55. The summed E-state index contributed by atoms with van der Waals surface area (Å²) in [6.45, 7) is 1.60. The van der Waals surface area contributed by atoms with Crippen LogP contribution in [0.2, 0.25) is 0 Å². The number of aryl methyl sites for hydroxylation is 1. The number of nitrogens with zero attached hydrogens (tertiary/aromatic N) is 2. The molecule has 2 rings (SSSR count). The molecule has 0 spiro atoms. The van der Waals surface area contributed by atoms with Crippen LogP contribution in [0.4, 0.5) is 11.4 Å². The van der Waals surface area contributed by atoms with Gasteiger partial charge >= 0.3 is 17.3 Å². The minimum atomic E-state index is -0.793. The van der Waals surface area contributed by atoms with Crippen molar-refractivity contribution >= 4 is 17.3 Å². The molecule has 2 aromatic rings. The average molecular weight is 332 g/mol. The number of nitro benzene ring substituents is 2. The van der Waals surface area contributed by atoms with Crippen molar-refractivity contribution in [2.75, 3.05) is 7.11 Å². The zero-order valence-corrected chi connectivity index (χ0v) is 12.7. The summed E-state index contributed by atoms with van der Waals surface area (Å²) in [4.78, 5) is 32.6. The topological polar surface area (TPSA) is 122 Å². The third kappa shape index (κ3) is 3.14. The van der Waals surface area contributed by atoms with Crippen LogP contribution in [-0.2, 0) is 4.74 Å². The van der Waals surface area contributed by atoms with Gasteiger partial charge in [0.2, 0.25) is 0 Å². The first kappa shape index (κ1) is 16.9. The highest BCUT2D eigenvalue weighted by Crippen LogP contribution is 2.41. The highest BCUT2D eigenvalue weighted by molar-refractivity contribution is 5.93. The number of esters is 1. The molecule has 24 heavy (non-hydrogen) atoms. The Hall–Kier alpha value is -3.49. The maximum Gasteiger partial charge on any atom is 0.341 e. The van der Waals surface area contributed by atoms with Crippen LogP contribution in [-0.4, -0.2) is 22.9 Å². The van der Waals surface area contributed by atoms with Crippen molar-refractivity contribution < 1.29 is 24.1 Å². The predicted octanol–water partition coefficient (Wildman–Crippen LogP) is 3.39. The van der Waals surface area contributed by atoms with Gasteiger partial charge in [0.25, 0.3) is 5.75 Å². The molecule has 0 aliphatic heterocycles. The Balaban J connectivity index is 2.67. The summed E-state index contributed by atoms with van der Waals surface area (Å²) >= 11 is 0. The molecule has 0 fully saturated rings. The van der Waals surface area contributed by atoms with Gasteiger partial charge in [-0.15, -0.1) is 0 Å². The van der Waals surface area contributed by atoms with Crippen LogP contribution in [0.1, 0.15) is 15.9 Å². The molecule has 2 aromatic carbocycles. The SMILES string of the molecule is COC(=O)c1cccc(C)c1Oc1c([N+](=O)[O-])cccc1[N+](=O)[O-]. The maximum absolute atomic E-state index is 11.8. The van der Waals surface area contributed by atoms with E-state index in [0.717, 1.165) is 12.1 Å². The largest absolute Gasteiger partial charge is 0.465 e. The monoisotopic (exact) mass is 332 g/mol. The van der Waals surface area contributed by atoms with Crippen molar-refractivity contribution in [1.82, 2.24) is 0 Å². The van der Waals surface area contributed by atoms with Crippen molar-refractivity contribution in [1.29, 1.82) is 0 Å². The fourth-order valence-electron chi connectivity index (χ4n) is 2.07. The third-order valence-corrected chi connectivity index (χ3v) is 3.19. The van der Waals surface area contributed by atoms with Crippen molar-refractivity contribution in [3.63, 3.8) is 0 Å². The van der Waals surface area contributed by atoms with Gasteiger partial charge in [0.1, 0.15) is 11.3 Å². The lowest BCUT2D eigenvalue weighted by molar-refractivity contribution is -0.395. The highest BCUT2D eigenvalue weighted by Gasteiger charge is 2.29. The van der Waals surface area contributed by atoms with Gasteiger partial charge in [-0.25, -0.2) is 4.79 Å². The number of carbonyl (C=O) groups excluding carboxylic acids is 1. The summed E-state index contributed by atoms with van der Waals surface area (Å²) in [7, 11) is 1.17. The predicted molar refractivity (Wildman–Crippen MR) is 82.3 cm³/mol. The van der Waals surface area contributed by atoms with Gasteiger partial charge in [-0.3, -0.25) is 20.2 Å². The molecule has 0 aromatic heterocycles. The number of carbonyl (C=O) groups is 1. The van der Waals surface area contributed by atoms with Gasteiger partial charge in [-0.2, -0.15) is 0 Å². The molecular formula is C15H12N2O7. The zero-order valence-electron chi connectivity index (χ0n) is 12.7. The normalized spacial score (nSPS) is 10.1. The number of benzene rings is 2. The smallest absolute Gasteiger partial charge is 0.341 e. The molecule has 0 bridgehead atoms. The molecule has 0 heterocycles. The second-order valence-corrected chi connectivity index (χ2v) is 4.68. The minimum Gasteiger partial charge on any atom is -0.465 e. The van der Waals surface area contributed by atoms with Crippen LogP contribution < -0.4 is 4.74 Å². The molecule has 9 nitrogen and oxygen atoms in total. The number of rotatable bonds is 5. The lowest BCUT2D eigenvalue weighted by Gasteiger charge is -2.12. The van der Waals surface area contributed by atoms with E-state index < -0.39 is 32.9 Å². The van der Waals surface area contributed by atoms with Gasteiger partial charge < -0.3 is 9.47 Å². The number of para-hydroxylation sites is 2. The van der Waals surface area contributed by atoms with E-state index in [0.29, 0.717) is 5.56 Å². The quantitative estimate of drug-likeness (QED) is 0.467. The number of hydrogen-bond donors (Lipinski definition) is 0. The van der Waals surface area contributed by atoms with Crippen molar-refractivity contribution in [2.45, 2.75) is 6.92 Å². The number of hydrogen-bond acceptors (Lipinski definition) is 7. The molecule has 0 radical (unpaired) electrons. The Labute approximate surface area is 135 Å². The van der Waals surface area contributed by atoms with Crippen molar-refractivity contribution in [2.24, 2.45) is 0 Å². The first-order valence-corrected chi connectivity index (χ1v) is 6.64. The minimum absolute atomic E-state index is 0.00458. The second kappa shape index (κ2) is 6.73. The molecule has 0 amide bonds. The molecule has 0 unspecified atom stereocenters. The fraction of sp³-hybridized carbons (Fsp3) is 0.133. The standard InChI is InChI=1S/C15H12N2O7/c1-9-5-3-6-10(15(18)23-2)13(9)24-14-11(16(19)20)7-4-8-12(14)17(21)22/h3-8H,1-2H3. The summed E-state index contributed by atoms with van der Waals surface area (Å²) in [5.74, 6) is -1.32. The number of methoxy groups -OCH3 is 1. The Kier molecular flexibility index (Phi) is 4.73. The lowest BCUT2D eigenvalue weighted by Crippen LogP contribution is -2.06. The summed E-state index contributed by atoms with van der Waals surface area (Å²) in [5.41, 5.74) is -0.693. The van der Waals surface area contributed by atoms with E-state index in [9.17, 15) is 25.0 Å². The van der Waals surface area contributed by atoms with Crippen LogP contribution in [0, 0.1) is 27.2 Å².